The molecule has 89 heavy (non-hydrogen) atoms. The van der Waals surface area contributed by atoms with Crippen molar-refractivity contribution in [2.24, 2.45) is 17.8 Å². The predicted octanol–water partition coefficient (Wildman–Crippen LogP) is 19.4. The number of phosphoric acid groups is 2. The van der Waals surface area contributed by atoms with Gasteiger partial charge in [-0.05, 0) is 69.1 Å². The number of unbranched alkanes of at least 4 members (excludes halogenated alkanes) is 31. The lowest BCUT2D eigenvalue weighted by molar-refractivity contribution is -0.161. The van der Waals surface area contributed by atoms with Crippen LogP contribution in [0.25, 0.3) is 0 Å². The van der Waals surface area contributed by atoms with Gasteiger partial charge >= 0.3 is 39.5 Å². The second-order valence-corrected chi connectivity index (χ2v) is 28.9. The van der Waals surface area contributed by atoms with Gasteiger partial charge in [-0.1, -0.05) is 272 Å². The van der Waals surface area contributed by atoms with Crippen LogP contribution in [-0.4, -0.2) is 96.7 Å². The van der Waals surface area contributed by atoms with Crippen LogP contribution in [-0.2, 0) is 65.4 Å². The van der Waals surface area contributed by atoms with Crippen molar-refractivity contribution >= 4 is 39.5 Å². The zero-order valence-electron chi connectivity index (χ0n) is 57.4. The van der Waals surface area contributed by atoms with Crippen LogP contribution in [0.1, 0.15) is 325 Å². The predicted molar refractivity (Wildman–Crippen MR) is 358 cm³/mol. The Morgan fingerprint density at radius 1 is 0.348 bits per heavy atom. The third kappa shape index (κ3) is 64.1. The maximum atomic E-state index is 13.0. The van der Waals surface area contributed by atoms with Gasteiger partial charge < -0.3 is 33.8 Å². The van der Waals surface area contributed by atoms with Crippen molar-refractivity contribution < 1.29 is 80.2 Å². The Kier molecular flexibility index (Phi) is 58.8. The molecular formula is C70H132O17P2. The van der Waals surface area contributed by atoms with E-state index in [1.165, 1.54) is 116 Å². The first-order chi connectivity index (χ1) is 42.7. The molecule has 0 bridgehead atoms. The van der Waals surface area contributed by atoms with Crippen molar-refractivity contribution in [1.29, 1.82) is 0 Å². The zero-order chi connectivity index (χ0) is 65.9. The molecule has 0 aliphatic rings. The molecule has 19 heteroatoms. The summed E-state index contributed by atoms with van der Waals surface area (Å²) >= 11 is 0. The Morgan fingerprint density at radius 2 is 0.607 bits per heavy atom. The van der Waals surface area contributed by atoms with E-state index in [2.05, 4.69) is 72.8 Å². The van der Waals surface area contributed by atoms with E-state index in [4.69, 9.17) is 37.0 Å². The fraction of sp³-hybridized carbons (Fsp3) is 0.886. The van der Waals surface area contributed by atoms with Gasteiger partial charge in [-0.15, -0.1) is 0 Å². The summed E-state index contributed by atoms with van der Waals surface area (Å²) in [6.45, 7) is 11.6. The molecule has 3 N–H and O–H groups in total. The van der Waals surface area contributed by atoms with E-state index < -0.39 is 97.5 Å². The molecule has 0 amide bonds. The lowest BCUT2D eigenvalue weighted by Crippen LogP contribution is -2.30. The standard InChI is InChI=1S/C70H132O17P2/c1-8-9-10-11-12-13-14-15-16-17-22-25-30-39-46-53-69(74)86-66(58-81-68(73)52-45-38-33-32-36-43-50-63(6)7)60-85-89(78,79)83-56-64(71)55-82-88(76,77)84-59-65(87-70(75)54-47-40-31-26-28-35-42-49-62(4)5)57-80-67(72)51-44-37-29-24-21-19-18-20-23-27-34-41-48-61(2)3/h13-16,61-66,71H,8-12,17-60H2,1-7H3,(H,76,77)(H,78,79)/b14-13-,16-15-/t64-,65-,66-/m1/s1. The van der Waals surface area contributed by atoms with Crippen LogP contribution in [0.15, 0.2) is 24.3 Å². The van der Waals surface area contributed by atoms with Crippen molar-refractivity contribution in [2.75, 3.05) is 39.6 Å². The van der Waals surface area contributed by atoms with Crippen LogP contribution >= 0.6 is 15.6 Å². The number of hydrogen-bond acceptors (Lipinski definition) is 15. The average molecular weight is 1310 g/mol. The lowest BCUT2D eigenvalue weighted by atomic mass is 10.0. The first kappa shape index (κ1) is 86.5. The van der Waals surface area contributed by atoms with Crippen LogP contribution in [0.4, 0.5) is 0 Å². The summed E-state index contributed by atoms with van der Waals surface area (Å²) in [6.07, 6.45) is 46.9. The van der Waals surface area contributed by atoms with E-state index in [0.29, 0.717) is 37.5 Å². The normalized spacial score (nSPS) is 14.4. The molecule has 0 saturated heterocycles. The van der Waals surface area contributed by atoms with Gasteiger partial charge in [-0.25, -0.2) is 9.13 Å². The molecule has 0 fully saturated rings. The molecular weight excluding hydrogens is 1170 g/mol. The largest absolute Gasteiger partial charge is 0.472 e. The second-order valence-electron chi connectivity index (χ2n) is 26.0. The summed E-state index contributed by atoms with van der Waals surface area (Å²) < 4.78 is 68.2. The molecule has 17 nitrogen and oxygen atoms in total. The highest BCUT2D eigenvalue weighted by atomic mass is 31.2. The summed E-state index contributed by atoms with van der Waals surface area (Å²) in [5.74, 6) is -0.0112. The minimum atomic E-state index is -4.96. The molecule has 0 aromatic rings. The third-order valence-corrected chi connectivity index (χ3v) is 17.4. The van der Waals surface area contributed by atoms with Gasteiger partial charge in [0.05, 0.1) is 26.4 Å². The van der Waals surface area contributed by atoms with Gasteiger partial charge in [0.15, 0.2) is 12.2 Å². The molecule has 0 heterocycles. The summed E-state index contributed by atoms with van der Waals surface area (Å²) in [6, 6.07) is 0. The number of hydrogen-bond donors (Lipinski definition) is 3. The molecule has 0 spiro atoms. The molecule has 5 atom stereocenters. The van der Waals surface area contributed by atoms with E-state index in [-0.39, 0.29) is 25.7 Å². The summed E-state index contributed by atoms with van der Waals surface area (Å²) in [5.41, 5.74) is 0. The van der Waals surface area contributed by atoms with Gasteiger partial charge in [0.25, 0.3) is 0 Å². The molecule has 2 unspecified atom stereocenters. The van der Waals surface area contributed by atoms with Crippen molar-refractivity contribution in [2.45, 2.75) is 343 Å². The quantitative estimate of drug-likeness (QED) is 0.0169. The third-order valence-electron chi connectivity index (χ3n) is 15.5. The molecule has 0 saturated carbocycles. The molecule has 0 aromatic carbocycles. The minimum absolute atomic E-state index is 0.0834. The minimum Gasteiger partial charge on any atom is -0.462 e. The van der Waals surface area contributed by atoms with Crippen LogP contribution in [0.2, 0.25) is 0 Å². The zero-order valence-corrected chi connectivity index (χ0v) is 59.2. The second kappa shape index (κ2) is 60.5. The lowest BCUT2D eigenvalue weighted by Gasteiger charge is -2.21. The number of aliphatic hydroxyl groups excluding tert-OH is 1. The van der Waals surface area contributed by atoms with Crippen molar-refractivity contribution in [1.82, 2.24) is 0 Å². The Hall–Kier alpha value is -2.46. The first-order valence-electron chi connectivity index (χ1n) is 35.7. The topological polar surface area (TPSA) is 237 Å². The van der Waals surface area contributed by atoms with Gasteiger partial charge in [0.1, 0.15) is 19.3 Å². The summed E-state index contributed by atoms with van der Waals surface area (Å²) in [7, 11) is -9.91. The maximum Gasteiger partial charge on any atom is 0.472 e. The van der Waals surface area contributed by atoms with Crippen LogP contribution in [0.5, 0.6) is 0 Å². The van der Waals surface area contributed by atoms with E-state index in [1.54, 1.807) is 0 Å². The SMILES string of the molecule is CCCCCC/C=C\C=C/CCCCCCCC(=O)O[C@H](COC(=O)CCCCCCCCC(C)C)COP(=O)(O)OC[C@H](O)COP(=O)(O)OC[C@@H](COC(=O)CCCCCCCCCCCCCCC(C)C)OC(=O)CCCCCCCCCC(C)C. The van der Waals surface area contributed by atoms with E-state index in [1.807, 2.05) is 0 Å². The fourth-order valence-corrected chi connectivity index (χ4v) is 11.6. The Labute approximate surface area is 542 Å². The number of carbonyl (C=O) groups is 4. The number of esters is 4. The molecule has 524 valence electrons. The molecule has 0 aliphatic carbocycles. The van der Waals surface area contributed by atoms with Gasteiger partial charge in [-0.2, -0.15) is 0 Å². The van der Waals surface area contributed by atoms with E-state index >= 15 is 0 Å². The number of ether oxygens (including phenoxy) is 4. The molecule has 0 radical (unpaired) electrons. The monoisotopic (exact) mass is 1310 g/mol. The molecule has 0 rings (SSSR count). The number of allylic oxidation sites excluding steroid dienone is 4. The van der Waals surface area contributed by atoms with Crippen molar-refractivity contribution in [3.05, 3.63) is 24.3 Å². The highest BCUT2D eigenvalue weighted by molar-refractivity contribution is 7.47. The maximum absolute atomic E-state index is 13.0. The highest BCUT2D eigenvalue weighted by Crippen LogP contribution is 2.45. The highest BCUT2D eigenvalue weighted by Gasteiger charge is 2.30. The van der Waals surface area contributed by atoms with Crippen LogP contribution < -0.4 is 0 Å². The van der Waals surface area contributed by atoms with Crippen LogP contribution in [0, 0.1) is 17.8 Å². The Morgan fingerprint density at radius 3 is 0.910 bits per heavy atom. The van der Waals surface area contributed by atoms with Crippen LogP contribution in [0.3, 0.4) is 0 Å². The number of aliphatic hydroxyl groups is 1. The van der Waals surface area contributed by atoms with Gasteiger partial charge in [0.2, 0.25) is 0 Å². The van der Waals surface area contributed by atoms with Crippen molar-refractivity contribution in [3.63, 3.8) is 0 Å². The Balaban J connectivity index is 5.25. The van der Waals surface area contributed by atoms with Gasteiger partial charge in [-0.3, -0.25) is 37.3 Å². The first-order valence-corrected chi connectivity index (χ1v) is 38.7. The number of phosphoric ester groups is 2. The summed E-state index contributed by atoms with van der Waals surface area (Å²) in [4.78, 5) is 72.4. The summed E-state index contributed by atoms with van der Waals surface area (Å²) in [5, 5.41) is 10.6. The number of carbonyl (C=O) groups excluding carboxylic acids is 4. The van der Waals surface area contributed by atoms with E-state index in [0.717, 1.165) is 115 Å². The fourth-order valence-electron chi connectivity index (χ4n) is 10.0. The molecule has 0 aromatic heterocycles. The average Bonchev–Trinajstić information content (AvgIpc) is 3.63. The van der Waals surface area contributed by atoms with E-state index in [9.17, 15) is 43.2 Å². The number of rotatable bonds is 66. The van der Waals surface area contributed by atoms with Crippen molar-refractivity contribution in [3.8, 4) is 0 Å². The molecule has 0 aliphatic heterocycles. The smallest absolute Gasteiger partial charge is 0.462 e. The Bertz CT molecular complexity index is 1840. The van der Waals surface area contributed by atoms with Gasteiger partial charge in [0, 0.05) is 25.7 Å².